The minimum absolute atomic E-state index is 0.0152. The van der Waals surface area contributed by atoms with Crippen molar-refractivity contribution < 1.29 is 81.7 Å². The molecule has 22 atom stereocenters. The van der Waals surface area contributed by atoms with Crippen molar-refractivity contribution >= 4 is 10.4 Å². The summed E-state index contributed by atoms with van der Waals surface area (Å²) in [5, 5.41) is 87.8. The number of aliphatic hydroxyl groups is 8. The topological polar surface area (TPSA) is 272 Å². The molecule has 6 fully saturated rings. The van der Waals surface area contributed by atoms with E-state index in [4.69, 9.17) is 27.9 Å². The van der Waals surface area contributed by atoms with Crippen molar-refractivity contribution in [2.45, 2.75) is 152 Å². The standard InChI is InChI=1S/C39H66O17S/c1-18(20(3)15-52-35-33(31(46)25(43)16-53-35)55-36-32(51-6)30(45)24(42)17-54-36)7-8-19(2)21-13-23(41)34-37(21,4)12-10-27-38(5)11-9-22(40)29(44)28(38)26(14-39(27,34)47)56-57(48,49)50/h7-8,18-36,40-47H,9-17H2,1-6H3,(H,48,49,50)/b8-7+/t18?,19-,20?,21-,22+,23-,24-,25+,26+,27?,28?,29+,30+,31-,32-,33+,34?,35+,36+,37-,38-,39+/m1/s1. The van der Waals surface area contributed by atoms with E-state index in [1.54, 1.807) is 0 Å². The van der Waals surface area contributed by atoms with E-state index in [0.717, 1.165) is 0 Å². The van der Waals surface area contributed by atoms with Crippen LogP contribution < -0.4 is 0 Å². The predicted molar refractivity (Wildman–Crippen MR) is 199 cm³/mol. The lowest BCUT2D eigenvalue weighted by atomic mass is 9.41. The van der Waals surface area contributed by atoms with Crippen LogP contribution in [-0.4, -0.2) is 160 Å². The average Bonchev–Trinajstić information content (AvgIpc) is 3.41. The second-order valence-electron chi connectivity index (χ2n) is 18.6. The summed E-state index contributed by atoms with van der Waals surface area (Å²) < 4.78 is 67.7. The first-order chi connectivity index (χ1) is 26.6. The highest BCUT2D eigenvalue weighted by atomic mass is 32.3. The molecule has 2 heterocycles. The van der Waals surface area contributed by atoms with Crippen molar-refractivity contribution in [3.05, 3.63) is 12.2 Å². The van der Waals surface area contributed by atoms with E-state index in [1.165, 1.54) is 7.11 Å². The fourth-order valence-corrected chi connectivity index (χ4v) is 12.6. The van der Waals surface area contributed by atoms with Gasteiger partial charge < -0.3 is 64.5 Å². The van der Waals surface area contributed by atoms with E-state index in [1.807, 2.05) is 20.8 Å². The predicted octanol–water partition coefficient (Wildman–Crippen LogP) is -0.102. The molecule has 0 aromatic carbocycles. The summed E-state index contributed by atoms with van der Waals surface area (Å²) in [6, 6.07) is 0. The number of rotatable bonds is 12. The van der Waals surface area contributed by atoms with E-state index < -0.39 is 118 Å². The molecule has 0 aromatic rings. The molecule has 0 radical (unpaired) electrons. The molecular formula is C39H66O17S. The second-order valence-corrected chi connectivity index (χ2v) is 19.7. The maximum atomic E-state index is 12.8. The Hall–Kier alpha value is -0.910. The normalized spacial score (nSPS) is 50.8. The molecule has 18 heteroatoms. The maximum absolute atomic E-state index is 12.8. The van der Waals surface area contributed by atoms with E-state index in [9.17, 15) is 53.8 Å². The van der Waals surface area contributed by atoms with Crippen molar-refractivity contribution in [2.75, 3.05) is 26.9 Å². The quantitative estimate of drug-likeness (QED) is 0.0917. The molecule has 6 rings (SSSR count). The molecule has 2 aliphatic heterocycles. The van der Waals surface area contributed by atoms with Crippen LogP contribution in [0.15, 0.2) is 12.2 Å². The fourth-order valence-electron chi connectivity index (χ4n) is 12.1. The van der Waals surface area contributed by atoms with Crippen molar-refractivity contribution in [1.82, 2.24) is 0 Å². The summed E-state index contributed by atoms with van der Waals surface area (Å²) in [6.07, 6.45) is -8.10. The van der Waals surface area contributed by atoms with Crippen molar-refractivity contribution in [3.8, 4) is 0 Å². The van der Waals surface area contributed by atoms with Crippen LogP contribution in [0.2, 0.25) is 0 Å². The molecule has 0 amide bonds. The maximum Gasteiger partial charge on any atom is 0.397 e. The van der Waals surface area contributed by atoms with Crippen LogP contribution in [0.3, 0.4) is 0 Å². The molecule has 4 saturated carbocycles. The molecule has 0 bridgehead atoms. The Bertz CT molecular complexity index is 1520. The lowest BCUT2D eigenvalue weighted by Gasteiger charge is -2.66. The third kappa shape index (κ3) is 8.51. The van der Waals surface area contributed by atoms with Crippen LogP contribution in [0.1, 0.15) is 73.1 Å². The minimum atomic E-state index is -4.98. The Morgan fingerprint density at radius 2 is 1.42 bits per heavy atom. The Morgan fingerprint density at radius 3 is 2.05 bits per heavy atom. The van der Waals surface area contributed by atoms with Gasteiger partial charge >= 0.3 is 10.4 Å². The number of allylic oxidation sites excluding steroid dienone is 2. The first-order valence-electron chi connectivity index (χ1n) is 20.4. The zero-order valence-corrected chi connectivity index (χ0v) is 34.5. The molecule has 2 saturated heterocycles. The van der Waals surface area contributed by atoms with Gasteiger partial charge in [-0.3, -0.25) is 4.55 Å². The third-order valence-corrected chi connectivity index (χ3v) is 15.7. The van der Waals surface area contributed by atoms with Gasteiger partial charge in [-0.05, 0) is 72.5 Å². The average molecular weight is 839 g/mol. The summed E-state index contributed by atoms with van der Waals surface area (Å²) in [5.74, 6) is -2.10. The Morgan fingerprint density at radius 1 is 0.807 bits per heavy atom. The summed E-state index contributed by atoms with van der Waals surface area (Å²) in [5.41, 5.74) is -2.97. The van der Waals surface area contributed by atoms with Crippen molar-refractivity contribution in [1.29, 1.82) is 0 Å². The molecule has 0 spiro atoms. The Kier molecular flexibility index (Phi) is 13.7. The highest BCUT2D eigenvalue weighted by Crippen LogP contribution is 2.70. The molecular weight excluding hydrogens is 772 g/mol. The molecule has 330 valence electrons. The van der Waals surface area contributed by atoms with E-state index in [2.05, 4.69) is 26.0 Å². The zero-order valence-electron chi connectivity index (χ0n) is 33.7. The number of methoxy groups -OCH3 is 1. The number of fused-ring (bicyclic) bond motifs is 5. The monoisotopic (exact) mass is 838 g/mol. The van der Waals surface area contributed by atoms with Crippen LogP contribution >= 0.6 is 0 Å². The number of hydrogen-bond donors (Lipinski definition) is 9. The molecule has 5 unspecified atom stereocenters. The zero-order chi connectivity index (χ0) is 42.0. The lowest BCUT2D eigenvalue weighted by Crippen LogP contribution is -2.71. The lowest BCUT2D eigenvalue weighted by molar-refractivity contribution is -0.346. The highest BCUT2D eigenvalue weighted by Gasteiger charge is 2.72. The van der Waals surface area contributed by atoms with Crippen LogP contribution in [0, 0.1) is 52.3 Å². The SMILES string of the molecule is CO[C@H]1[C@H](O[C@@H]2[C@@H](OCC(C)C(C)/C=C/[C@@H](C)[C@H]3C[C@@H](O)C4[C@]5(O)C[C@H](OS(=O)(=O)O)C6[C@@H](O)[C@@H](O)CC[C@]6(C)C5CC[C@@]43C)OC[C@H](O)[C@H]2O)OC[C@@H](O)[C@@H]1O. The van der Waals surface area contributed by atoms with Gasteiger partial charge in [-0.25, -0.2) is 4.18 Å². The van der Waals surface area contributed by atoms with Gasteiger partial charge in [-0.2, -0.15) is 8.42 Å². The summed E-state index contributed by atoms with van der Waals surface area (Å²) in [6.45, 7) is 9.82. The van der Waals surface area contributed by atoms with Gasteiger partial charge in [0, 0.05) is 25.4 Å². The van der Waals surface area contributed by atoms with Crippen LogP contribution in [0.4, 0.5) is 0 Å². The molecule has 9 N–H and O–H groups in total. The van der Waals surface area contributed by atoms with Crippen LogP contribution in [0.5, 0.6) is 0 Å². The molecule has 17 nitrogen and oxygen atoms in total. The summed E-state index contributed by atoms with van der Waals surface area (Å²) >= 11 is 0. The van der Waals surface area contributed by atoms with Gasteiger partial charge in [-0.15, -0.1) is 0 Å². The van der Waals surface area contributed by atoms with Crippen LogP contribution in [-0.2, 0) is 38.3 Å². The van der Waals surface area contributed by atoms with Crippen LogP contribution in [0.25, 0.3) is 0 Å². The second kappa shape index (κ2) is 17.1. The van der Waals surface area contributed by atoms with Crippen molar-refractivity contribution in [3.63, 3.8) is 0 Å². The fraction of sp³-hybridized carbons (Fsp3) is 0.949. The number of ether oxygens (including phenoxy) is 5. The van der Waals surface area contributed by atoms with Gasteiger partial charge in [0.05, 0.1) is 49.8 Å². The largest absolute Gasteiger partial charge is 0.397 e. The van der Waals surface area contributed by atoms with E-state index >= 15 is 0 Å². The number of hydrogen-bond acceptors (Lipinski definition) is 16. The van der Waals surface area contributed by atoms with E-state index in [0.29, 0.717) is 25.7 Å². The highest BCUT2D eigenvalue weighted by molar-refractivity contribution is 7.80. The van der Waals surface area contributed by atoms with Gasteiger partial charge in [0.2, 0.25) is 0 Å². The Balaban J connectivity index is 1.12. The first-order valence-corrected chi connectivity index (χ1v) is 21.8. The third-order valence-electron chi connectivity index (χ3n) is 15.2. The smallest absolute Gasteiger partial charge is 0.393 e. The minimum Gasteiger partial charge on any atom is -0.393 e. The summed E-state index contributed by atoms with van der Waals surface area (Å²) in [4.78, 5) is 0. The van der Waals surface area contributed by atoms with Gasteiger partial charge in [0.1, 0.15) is 36.6 Å². The molecule has 4 aliphatic carbocycles. The molecule has 57 heavy (non-hydrogen) atoms. The summed E-state index contributed by atoms with van der Waals surface area (Å²) in [7, 11) is -3.66. The van der Waals surface area contributed by atoms with Gasteiger partial charge in [0.15, 0.2) is 12.6 Å². The van der Waals surface area contributed by atoms with Gasteiger partial charge in [-0.1, -0.05) is 46.8 Å². The van der Waals surface area contributed by atoms with Crippen molar-refractivity contribution in [2.24, 2.45) is 52.3 Å². The Labute approximate surface area is 335 Å². The van der Waals surface area contributed by atoms with E-state index in [-0.39, 0.29) is 56.3 Å². The molecule has 0 aromatic heterocycles. The number of aliphatic hydroxyl groups excluding tert-OH is 7. The van der Waals surface area contributed by atoms with Gasteiger partial charge in [0.25, 0.3) is 0 Å². The molecule has 6 aliphatic rings. The first kappa shape index (κ1) is 45.6.